The summed E-state index contributed by atoms with van der Waals surface area (Å²) < 4.78 is 28.3. The Morgan fingerprint density at radius 1 is 1.21 bits per heavy atom. The Morgan fingerprint density at radius 3 is 2.94 bits per heavy atom. The molecule has 1 aromatic carbocycles. The summed E-state index contributed by atoms with van der Waals surface area (Å²) in [6.07, 6.45) is 3.67. The van der Waals surface area contributed by atoms with Gasteiger partial charge >= 0.3 is 0 Å². The summed E-state index contributed by atoms with van der Waals surface area (Å²) in [5, 5.41) is 14.1. The Balaban J connectivity index is 1.44. The van der Waals surface area contributed by atoms with Gasteiger partial charge in [-0.05, 0) is 44.0 Å². The van der Waals surface area contributed by atoms with Gasteiger partial charge in [0.25, 0.3) is 5.56 Å². The molecule has 3 aromatic heterocycles. The van der Waals surface area contributed by atoms with E-state index in [1.165, 1.54) is 18.5 Å². The van der Waals surface area contributed by atoms with Crippen molar-refractivity contribution in [2.75, 3.05) is 32.8 Å². The van der Waals surface area contributed by atoms with Crippen molar-refractivity contribution in [3.05, 3.63) is 46.6 Å². The van der Waals surface area contributed by atoms with Crippen molar-refractivity contribution in [1.82, 2.24) is 29.0 Å². The number of benzene rings is 1. The normalized spacial score (nSPS) is 21.7. The van der Waals surface area contributed by atoms with Crippen molar-refractivity contribution in [3.8, 4) is 11.5 Å². The number of piperidine rings is 1. The fraction of sp³-hybridized carbons (Fsp3) is 0.478. The van der Waals surface area contributed by atoms with E-state index >= 15 is 0 Å². The Labute approximate surface area is 193 Å². The predicted octanol–water partition coefficient (Wildman–Crippen LogP) is 1.80. The molecule has 5 heterocycles. The van der Waals surface area contributed by atoms with Crippen molar-refractivity contribution >= 4 is 16.6 Å². The van der Waals surface area contributed by atoms with Gasteiger partial charge in [-0.15, -0.1) is 0 Å². The van der Waals surface area contributed by atoms with Gasteiger partial charge in [0.2, 0.25) is 11.7 Å². The fourth-order valence-electron chi connectivity index (χ4n) is 4.98. The van der Waals surface area contributed by atoms with Crippen molar-refractivity contribution < 1.29 is 18.8 Å². The lowest BCUT2D eigenvalue weighted by Gasteiger charge is -2.30. The topological polar surface area (TPSA) is 111 Å². The Bertz CT molecular complexity index is 1410. The van der Waals surface area contributed by atoms with E-state index in [9.17, 15) is 14.3 Å². The molecular weight excluding hydrogens is 443 g/mol. The van der Waals surface area contributed by atoms with Crippen molar-refractivity contribution in [3.63, 3.8) is 0 Å². The molecule has 4 aromatic rings. The van der Waals surface area contributed by atoms with Crippen LogP contribution < -0.4 is 5.56 Å². The Hall–Kier alpha value is -3.15. The van der Waals surface area contributed by atoms with Crippen LogP contribution in [0.4, 0.5) is 4.39 Å². The molecule has 2 saturated heterocycles. The highest BCUT2D eigenvalue weighted by Gasteiger charge is 2.27. The molecule has 2 atom stereocenters. The molecule has 0 radical (unpaired) electrons. The van der Waals surface area contributed by atoms with Crippen LogP contribution in [-0.2, 0) is 11.3 Å². The number of imidazole rings is 1. The van der Waals surface area contributed by atoms with E-state index in [0.717, 1.165) is 25.8 Å². The minimum absolute atomic E-state index is 0.0375. The van der Waals surface area contributed by atoms with Crippen LogP contribution in [0.2, 0.25) is 0 Å². The smallest absolute Gasteiger partial charge is 0.277 e. The van der Waals surface area contributed by atoms with Gasteiger partial charge in [-0.1, -0.05) is 5.16 Å². The molecule has 1 N–H and O–H groups in total. The number of aromatic nitrogens is 5. The summed E-state index contributed by atoms with van der Waals surface area (Å²) >= 11 is 0. The summed E-state index contributed by atoms with van der Waals surface area (Å²) in [5.41, 5.74) is 1.47. The molecular formula is C23H25FN6O4. The number of nitrogens with zero attached hydrogens (tertiary/aromatic N) is 6. The lowest BCUT2D eigenvalue weighted by Crippen LogP contribution is -2.40. The summed E-state index contributed by atoms with van der Waals surface area (Å²) in [7, 11) is 0. The molecule has 11 heteroatoms. The van der Waals surface area contributed by atoms with Gasteiger partial charge in [0.1, 0.15) is 23.4 Å². The van der Waals surface area contributed by atoms with E-state index in [-0.39, 0.29) is 23.4 Å². The molecule has 0 spiro atoms. The quantitative estimate of drug-likeness (QED) is 0.472. The third-order valence-corrected chi connectivity index (χ3v) is 6.76. The van der Waals surface area contributed by atoms with E-state index in [0.29, 0.717) is 61.0 Å². The number of β-amino-alcohol motifs (C(OH)–C–C–N with tert-alkyl or cyclic N) is 1. The van der Waals surface area contributed by atoms with Gasteiger partial charge in [-0.3, -0.25) is 14.1 Å². The zero-order valence-corrected chi connectivity index (χ0v) is 18.6. The Kier molecular flexibility index (Phi) is 5.39. The van der Waals surface area contributed by atoms with Crippen molar-refractivity contribution in [2.45, 2.75) is 37.8 Å². The molecule has 2 aliphatic heterocycles. The second-order valence-electron chi connectivity index (χ2n) is 9.02. The fourth-order valence-corrected chi connectivity index (χ4v) is 4.98. The maximum absolute atomic E-state index is 14.2. The van der Waals surface area contributed by atoms with Gasteiger partial charge in [-0.2, -0.15) is 4.98 Å². The van der Waals surface area contributed by atoms with E-state index in [1.807, 2.05) is 0 Å². The molecule has 0 bridgehead atoms. The first-order chi connectivity index (χ1) is 16.6. The third-order valence-electron chi connectivity index (χ3n) is 6.76. The standard InChI is InChI=1S/C23H25FN6O4/c24-15-3-4-17-18(10-15)29(8-7-28-6-1-2-16(31)11-28)23(32)20-19(25-13-30(17)20)21-26-22(34-27-21)14-5-9-33-12-14/h3-4,10,13-14,16,31H,1-2,5-9,11-12H2. The number of hydrogen-bond acceptors (Lipinski definition) is 8. The van der Waals surface area contributed by atoms with Crippen LogP contribution >= 0.6 is 0 Å². The first-order valence-electron chi connectivity index (χ1n) is 11.6. The largest absolute Gasteiger partial charge is 0.392 e. The van der Waals surface area contributed by atoms with E-state index in [1.54, 1.807) is 15.0 Å². The van der Waals surface area contributed by atoms with Crippen molar-refractivity contribution in [2.24, 2.45) is 0 Å². The number of rotatable bonds is 5. The maximum Gasteiger partial charge on any atom is 0.277 e. The molecule has 0 amide bonds. The third kappa shape index (κ3) is 3.69. The van der Waals surface area contributed by atoms with Crippen LogP contribution in [0.15, 0.2) is 33.8 Å². The second kappa shape index (κ2) is 8.57. The minimum Gasteiger partial charge on any atom is -0.392 e. The molecule has 2 fully saturated rings. The number of aliphatic hydroxyl groups excluding tert-OH is 1. The van der Waals surface area contributed by atoms with E-state index < -0.39 is 5.82 Å². The maximum atomic E-state index is 14.2. The monoisotopic (exact) mass is 468 g/mol. The number of hydrogen-bond donors (Lipinski definition) is 1. The summed E-state index contributed by atoms with van der Waals surface area (Å²) in [6.45, 7) is 3.52. The van der Waals surface area contributed by atoms with Crippen LogP contribution in [0.5, 0.6) is 0 Å². The Morgan fingerprint density at radius 2 is 2.12 bits per heavy atom. The van der Waals surface area contributed by atoms with Gasteiger partial charge in [0.05, 0.1) is 29.7 Å². The zero-order chi connectivity index (χ0) is 23.2. The van der Waals surface area contributed by atoms with Crippen LogP contribution in [0.1, 0.15) is 31.1 Å². The lowest BCUT2D eigenvalue weighted by molar-refractivity contribution is 0.0690. The van der Waals surface area contributed by atoms with Crippen LogP contribution in [0.25, 0.3) is 28.1 Å². The molecule has 34 heavy (non-hydrogen) atoms. The van der Waals surface area contributed by atoms with Gasteiger partial charge in [-0.25, -0.2) is 9.37 Å². The molecule has 0 saturated carbocycles. The SMILES string of the molecule is O=c1c2c(-c3noc(C4CCOC4)n3)ncn2c2ccc(F)cc2n1CCN1CCCC(O)C1. The number of fused-ring (bicyclic) bond motifs is 3. The van der Waals surface area contributed by atoms with Gasteiger partial charge in [0, 0.05) is 26.2 Å². The van der Waals surface area contributed by atoms with Gasteiger partial charge < -0.3 is 18.9 Å². The van der Waals surface area contributed by atoms with Crippen LogP contribution in [0.3, 0.4) is 0 Å². The number of aliphatic hydroxyl groups is 1. The second-order valence-corrected chi connectivity index (χ2v) is 9.02. The zero-order valence-electron chi connectivity index (χ0n) is 18.6. The highest BCUT2D eigenvalue weighted by molar-refractivity contribution is 5.83. The summed E-state index contributed by atoms with van der Waals surface area (Å²) in [4.78, 5) is 24.8. The highest BCUT2D eigenvalue weighted by Crippen LogP contribution is 2.27. The summed E-state index contributed by atoms with van der Waals surface area (Å²) in [6, 6.07) is 4.37. The molecule has 2 aliphatic rings. The molecule has 10 nitrogen and oxygen atoms in total. The first-order valence-corrected chi connectivity index (χ1v) is 11.6. The summed E-state index contributed by atoms with van der Waals surface area (Å²) in [5.74, 6) is 0.333. The lowest BCUT2D eigenvalue weighted by atomic mass is 10.1. The number of likely N-dealkylation sites (tertiary alicyclic amines) is 1. The highest BCUT2D eigenvalue weighted by atomic mass is 19.1. The predicted molar refractivity (Wildman–Crippen MR) is 120 cm³/mol. The molecule has 178 valence electrons. The average molecular weight is 468 g/mol. The minimum atomic E-state index is -0.421. The van der Waals surface area contributed by atoms with Gasteiger partial charge in [0.15, 0.2) is 0 Å². The number of halogens is 1. The van der Waals surface area contributed by atoms with Crippen molar-refractivity contribution in [1.29, 1.82) is 0 Å². The first kappa shape index (κ1) is 21.4. The number of ether oxygens (including phenoxy) is 1. The average Bonchev–Trinajstić information content (AvgIpc) is 3.59. The van der Waals surface area contributed by atoms with E-state index in [4.69, 9.17) is 9.26 Å². The molecule has 0 aliphatic carbocycles. The molecule has 6 rings (SSSR count). The molecule has 2 unspecified atom stereocenters. The van der Waals surface area contributed by atoms with Crippen LogP contribution in [-0.4, -0.2) is 73.1 Å². The van der Waals surface area contributed by atoms with E-state index in [2.05, 4.69) is 20.0 Å². The van der Waals surface area contributed by atoms with Crippen LogP contribution in [0, 0.1) is 5.82 Å².